The number of carbonyl (C=O) groups is 1. The number of piperidine rings is 1. The van der Waals surface area contributed by atoms with Crippen molar-refractivity contribution in [2.24, 2.45) is 0 Å². The van der Waals surface area contributed by atoms with Crippen LogP contribution in [0.1, 0.15) is 36.5 Å². The molecule has 1 aliphatic rings. The molecule has 0 N–H and O–H groups in total. The highest BCUT2D eigenvalue weighted by Gasteiger charge is 2.26. The van der Waals surface area contributed by atoms with Gasteiger partial charge in [0, 0.05) is 23.5 Å². The molecule has 150 valence electrons. The SMILES string of the molecule is COc1ccc(OC)c(-c2cc(C(=O)N3CCCCC3C)c3ccccc3n2)c1. The number of benzene rings is 2. The van der Waals surface area contributed by atoms with Crippen molar-refractivity contribution < 1.29 is 14.3 Å². The van der Waals surface area contributed by atoms with Crippen LogP contribution in [0, 0.1) is 0 Å². The van der Waals surface area contributed by atoms with Gasteiger partial charge in [-0.2, -0.15) is 0 Å². The number of rotatable bonds is 4. The van der Waals surface area contributed by atoms with Crippen LogP contribution >= 0.6 is 0 Å². The first kappa shape index (κ1) is 19.2. The summed E-state index contributed by atoms with van der Waals surface area (Å²) in [5.74, 6) is 1.48. The minimum absolute atomic E-state index is 0.0684. The lowest BCUT2D eigenvalue weighted by Gasteiger charge is -2.33. The van der Waals surface area contributed by atoms with E-state index in [0.29, 0.717) is 22.8 Å². The van der Waals surface area contributed by atoms with Crippen LogP contribution in [0.5, 0.6) is 11.5 Å². The van der Waals surface area contributed by atoms with E-state index in [1.807, 2.05) is 53.4 Å². The van der Waals surface area contributed by atoms with Gasteiger partial charge >= 0.3 is 0 Å². The second-order valence-electron chi connectivity index (χ2n) is 7.48. The summed E-state index contributed by atoms with van der Waals surface area (Å²) in [5.41, 5.74) is 2.98. The lowest BCUT2D eigenvalue weighted by atomic mass is 9.99. The minimum atomic E-state index is 0.0684. The summed E-state index contributed by atoms with van der Waals surface area (Å²) in [6.45, 7) is 2.93. The summed E-state index contributed by atoms with van der Waals surface area (Å²) in [5, 5.41) is 0.876. The number of hydrogen-bond donors (Lipinski definition) is 0. The highest BCUT2D eigenvalue weighted by atomic mass is 16.5. The number of hydrogen-bond acceptors (Lipinski definition) is 4. The van der Waals surface area contributed by atoms with Gasteiger partial charge in [0.2, 0.25) is 0 Å². The molecule has 1 fully saturated rings. The smallest absolute Gasteiger partial charge is 0.254 e. The Hall–Kier alpha value is -3.08. The standard InChI is InChI=1S/C24H26N2O3/c1-16-8-6-7-13-26(16)24(27)19-15-22(25-21-10-5-4-9-18(19)21)20-14-17(28-2)11-12-23(20)29-3/h4-5,9-12,14-16H,6-8,13H2,1-3H3. The van der Waals surface area contributed by atoms with Crippen molar-refractivity contribution in [3.8, 4) is 22.8 Å². The fraction of sp³-hybridized carbons (Fsp3) is 0.333. The van der Waals surface area contributed by atoms with Crippen molar-refractivity contribution >= 4 is 16.8 Å². The molecule has 3 aromatic rings. The molecule has 29 heavy (non-hydrogen) atoms. The van der Waals surface area contributed by atoms with E-state index in [1.165, 1.54) is 6.42 Å². The Morgan fingerprint density at radius 2 is 1.90 bits per heavy atom. The molecule has 5 heteroatoms. The van der Waals surface area contributed by atoms with Gasteiger partial charge in [0.25, 0.3) is 5.91 Å². The van der Waals surface area contributed by atoms with E-state index >= 15 is 0 Å². The lowest BCUT2D eigenvalue weighted by Crippen LogP contribution is -2.42. The minimum Gasteiger partial charge on any atom is -0.497 e. The highest BCUT2D eigenvalue weighted by molar-refractivity contribution is 6.07. The van der Waals surface area contributed by atoms with Gasteiger partial charge in [-0.15, -0.1) is 0 Å². The molecule has 0 aliphatic carbocycles. The third kappa shape index (κ3) is 3.65. The average Bonchev–Trinajstić information content (AvgIpc) is 2.77. The summed E-state index contributed by atoms with van der Waals surface area (Å²) in [6.07, 6.45) is 3.27. The van der Waals surface area contributed by atoms with Gasteiger partial charge < -0.3 is 14.4 Å². The Balaban J connectivity index is 1.89. The second-order valence-corrected chi connectivity index (χ2v) is 7.48. The van der Waals surface area contributed by atoms with Crippen molar-refractivity contribution in [2.45, 2.75) is 32.2 Å². The number of fused-ring (bicyclic) bond motifs is 1. The first-order valence-electron chi connectivity index (χ1n) is 10.1. The summed E-state index contributed by atoms with van der Waals surface area (Å²) in [4.78, 5) is 20.4. The third-order valence-corrected chi connectivity index (χ3v) is 5.69. The summed E-state index contributed by atoms with van der Waals surface area (Å²) < 4.78 is 10.9. The predicted molar refractivity (Wildman–Crippen MR) is 115 cm³/mol. The number of nitrogens with zero attached hydrogens (tertiary/aromatic N) is 2. The maximum atomic E-state index is 13.5. The van der Waals surface area contributed by atoms with Gasteiger partial charge in [-0.3, -0.25) is 4.79 Å². The monoisotopic (exact) mass is 390 g/mol. The molecular formula is C24H26N2O3. The number of para-hydroxylation sites is 1. The maximum Gasteiger partial charge on any atom is 0.254 e. The number of aromatic nitrogens is 1. The molecule has 5 nitrogen and oxygen atoms in total. The molecule has 0 bridgehead atoms. The quantitative estimate of drug-likeness (QED) is 0.634. The van der Waals surface area contributed by atoms with Crippen molar-refractivity contribution in [1.82, 2.24) is 9.88 Å². The Morgan fingerprint density at radius 1 is 1.07 bits per heavy atom. The van der Waals surface area contributed by atoms with Crippen LogP contribution in [0.2, 0.25) is 0 Å². The van der Waals surface area contributed by atoms with Crippen LogP contribution in [-0.2, 0) is 0 Å². The van der Waals surface area contributed by atoms with Crippen LogP contribution in [0.25, 0.3) is 22.2 Å². The van der Waals surface area contributed by atoms with E-state index in [4.69, 9.17) is 14.5 Å². The lowest BCUT2D eigenvalue weighted by molar-refractivity contribution is 0.0637. The summed E-state index contributed by atoms with van der Waals surface area (Å²) >= 11 is 0. The third-order valence-electron chi connectivity index (χ3n) is 5.69. The number of amides is 1. The van der Waals surface area contributed by atoms with Crippen molar-refractivity contribution in [2.75, 3.05) is 20.8 Å². The molecule has 1 unspecified atom stereocenters. The number of ether oxygens (including phenoxy) is 2. The largest absolute Gasteiger partial charge is 0.497 e. The zero-order valence-corrected chi connectivity index (χ0v) is 17.1. The van der Waals surface area contributed by atoms with E-state index < -0.39 is 0 Å². The van der Waals surface area contributed by atoms with Gasteiger partial charge in [-0.25, -0.2) is 4.98 Å². The Kier molecular flexibility index (Phi) is 5.38. The molecule has 1 aliphatic heterocycles. The van der Waals surface area contributed by atoms with Crippen LogP contribution in [0.15, 0.2) is 48.5 Å². The zero-order valence-electron chi connectivity index (χ0n) is 17.1. The molecule has 4 rings (SSSR count). The van der Waals surface area contributed by atoms with E-state index in [9.17, 15) is 4.79 Å². The molecular weight excluding hydrogens is 364 g/mol. The van der Waals surface area contributed by atoms with E-state index in [1.54, 1.807) is 14.2 Å². The normalized spacial score (nSPS) is 16.7. The Bertz CT molecular complexity index is 1050. The van der Waals surface area contributed by atoms with Gasteiger partial charge in [0.05, 0.1) is 31.0 Å². The van der Waals surface area contributed by atoms with Crippen LogP contribution in [-0.4, -0.2) is 42.6 Å². The fourth-order valence-electron chi connectivity index (χ4n) is 4.06. The molecule has 0 saturated carbocycles. The Morgan fingerprint density at radius 3 is 2.66 bits per heavy atom. The maximum absolute atomic E-state index is 13.5. The first-order chi connectivity index (χ1) is 14.1. The molecule has 1 amide bonds. The molecule has 2 heterocycles. The summed E-state index contributed by atoms with van der Waals surface area (Å²) in [6, 6.07) is 15.6. The van der Waals surface area contributed by atoms with E-state index in [-0.39, 0.29) is 11.9 Å². The number of methoxy groups -OCH3 is 2. The van der Waals surface area contributed by atoms with E-state index in [0.717, 1.165) is 35.9 Å². The molecule has 1 aromatic heterocycles. The fourth-order valence-corrected chi connectivity index (χ4v) is 4.06. The highest BCUT2D eigenvalue weighted by Crippen LogP contribution is 2.35. The van der Waals surface area contributed by atoms with Crippen LogP contribution in [0.3, 0.4) is 0 Å². The van der Waals surface area contributed by atoms with Crippen molar-refractivity contribution in [3.05, 3.63) is 54.1 Å². The summed E-state index contributed by atoms with van der Waals surface area (Å²) in [7, 11) is 3.26. The first-order valence-corrected chi connectivity index (χ1v) is 10.1. The Labute approximate surface area is 171 Å². The van der Waals surface area contributed by atoms with E-state index in [2.05, 4.69) is 6.92 Å². The molecule has 2 aromatic carbocycles. The molecule has 0 spiro atoms. The topological polar surface area (TPSA) is 51.7 Å². The second kappa shape index (κ2) is 8.11. The number of pyridine rings is 1. The van der Waals surface area contributed by atoms with Crippen molar-refractivity contribution in [1.29, 1.82) is 0 Å². The van der Waals surface area contributed by atoms with Gasteiger partial charge in [-0.1, -0.05) is 18.2 Å². The van der Waals surface area contributed by atoms with Gasteiger partial charge in [-0.05, 0) is 56.5 Å². The van der Waals surface area contributed by atoms with Gasteiger partial charge in [0.1, 0.15) is 11.5 Å². The van der Waals surface area contributed by atoms with Gasteiger partial charge in [0.15, 0.2) is 0 Å². The molecule has 0 radical (unpaired) electrons. The van der Waals surface area contributed by atoms with Crippen LogP contribution in [0.4, 0.5) is 0 Å². The van der Waals surface area contributed by atoms with Crippen molar-refractivity contribution in [3.63, 3.8) is 0 Å². The number of likely N-dealkylation sites (tertiary alicyclic amines) is 1. The zero-order chi connectivity index (χ0) is 20.4. The molecule has 1 atom stereocenters. The van der Waals surface area contributed by atoms with Crippen LogP contribution < -0.4 is 9.47 Å². The average molecular weight is 390 g/mol. The predicted octanol–water partition coefficient (Wildman–Crippen LogP) is 4.93. The number of carbonyl (C=O) groups excluding carboxylic acids is 1. The molecule has 1 saturated heterocycles.